The summed E-state index contributed by atoms with van der Waals surface area (Å²) in [6.45, 7) is 16.9. The fourth-order valence-electron chi connectivity index (χ4n) is 12.7. The van der Waals surface area contributed by atoms with Crippen molar-refractivity contribution in [3.8, 4) is 0 Å². The van der Waals surface area contributed by atoms with Gasteiger partial charge in [0.2, 0.25) is 88.6 Å². The van der Waals surface area contributed by atoms with Gasteiger partial charge < -0.3 is 129 Å². The molecule has 0 fully saturated rings. The number of carbonyl (C=O) groups is 17. The minimum atomic E-state index is -2.12. The zero-order valence-electron chi connectivity index (χ0n) is 72.4. The van der Waals surface area contributed by atoms with E-state index in [9.17, 15) is 91.7 Å². The number of hydrogen-bond acceptors (Lipinski definition) is 23. The fourth-order valence-corrected chi connectivity index (χ4v) is 13.2. The smallest absolute Gasteiger partial charge is 0.326 e. The Hall–Kier alpha value is -12.5. The number of imidazole rings is 2. The molecule has 0 unspecified atom stereocenters. The van der Waals surface area contributed by atoms with Crippen LogP contribution in [-0.4, -0.2) is 252 Å². The second-order valence-corrected chi connectivity index (χ2v) is 32.9. The van der Waals surface area contributed by atoms with Crippen molar-refractivity contribution in [3.63, 3.8) is 0 Å². The third-order valence-electron chi connectivity index (χ3n) is 19.6. The number of carboxylic acid groups (broad SMARTS) is 2. The van der Waals surface area contributed by atoms with Crippen LogP contribution in [0.4, 0.5) is 0 Å². The number of aromatic nitrogens is 4. The van der Waals surface area contributed by atoms with Gasteiger partial charge in [-0.25, -0.2) is 14.8 Å². The molecule has 0 saturated carbocycles. The van der Waals surface area contributed by atoms with Gasteiger partial charge in [0, 0.05) is 51.2 Å². The van der Waals surface area contributed by atoms with Gasteiger partial charge in [-0.2, -0.15) is 11.8 Å². The zero-order valence-corrected chi connectivity index (χ0v) is 73.2. The number of aliphatic carboxylic acids is 2. The van der Waals surface area contributed by atoms with Crippen LogP contribution in [-0.2, 0) is 101 Å². The highest BCUT2D eigenvalue weighted by molar-refractivity contribution is 7.98. The first-order valence-electron chi connectivity index (χ1n) is 41.2. The maximum absolute atomic E-state index is 14.9. The van der Waals surface area contributed by atoms with Gasteiger partial charge >= 0.3 is 11.9 Å². The molecule has 3 aromatic rings. The van der Waals surface area contributed by atoms with Crippen molar-refractivity contribution in [2.24, 2.45) is 58.3 Å². The Morgan fingerprint density at radius 1 is 0.424 bits per heavy atom. The molecule has 1 aromatic carbocycles. The molecule has 0 aliphatic heterocycles. The molecule has 0 aliphatic carbocycles. The number of amides is 15. The number of benzene rings is 1. The Morgan fingerprint density at radius 2 is 0.792 bits per heavy atom. The SMILES string of the molecule is CC[C@H](C)[C@H](NC(=O)[C@@H](NC(=O)[C@H](CCCNC(=N)N)NC(=O)[C@H](Cc1c[nH]cn1)NC(=O)[C@H](CCC(N)=O)NC(=O)[C@H](CC(N)=O)NC(=O)[C@H](CC(=O)O)NC(=O)[C@H](CC(C)C)NC(=O)[C@H](Cc1ccccc1)NC(=O)[C@H](CCSC)NC(=O)[C@@H](NC(=O)[C@@H](N)CC(C)C)C(C)C)C(C)C)C(=O)N[C@@H](CCCNC(=N)N)C(=O)N[C@@H](Cc1c[nH]cn1)C(=O)O. The Bertz CT molecular complexity index is 4100. The average molecular weight is 1780 g/mol. The van der Waals surface area contributed by atoms with Gasteiger partial charge in [-0.05, 0) is 98.5 Å². The molecule has 0 radical (unpaired) electrons. The third-order valence-corrected chi connectivity index (χ3v) is 20.3. The van der Waals surface area contributed by atoms with Gasteiger partial charge in [0.05, 0.1) is 42.9 Å². The number of nitrogens with zero attached hydrogens (tertiary/aromatic N) is 2. The van der Waals surface area contributed by atoms with E-state index in [1.165, 1.54) is 36.8 Å². The molecule has 125 heavy (non-hydrogen) atoms. The second kappa shape index (κ2) is 54.9. The van der Waals surface area contributed by atoms with Crippen molar-refractivity contribution in [1.29, 1.82) is 10.8 Å². The summed E-state index contributed by atoms with van der Waals surface area (Å²) in [4.78, 5) is 251. The van der Waals surface area contributed by atoms with Gasteiger partial charge in [0.25, 0.3) is 0 Å². The fraction of sp³-hybridized carbons (Fsp3) is 0.608. The first-order valence-corrected chi connectivity index (χ1v) is 42.6. The molecule has 2 aromatic heterocycles. The van der Waals surface area contributed by atoms with Gasteiger partial charge in [-0.3, -0.25) is 87.5 Å². The number of nitrogens with two attached hydrogens (primary N) is 5. The summed E-state index contributed by atoms with van der Waals surface area (Å²) in [7, 11) is 0. The number of rotatable bonds is 59. The second-order valence-electron chi connectivity index (χ2n) is 31.9. The minimum Gasteiger partial charge on any atom is -0.481 e. The standard InChI is InChI=1S/C79H128N26O19S/c1-12-43(10)63(76(122)95-48(20-16-25-89-78(83)84)65(111)102-57(77(123)124)32-46-36-88-38-92-46)105-75(121)62(42(8)9)104-68(114)49(21-17-26-90-79(85)86)93-71(117)54(31-45-35-87-37-91-45)99-66(112)50(22-23-58(81)106)94-72(118)55(33-59(82)107)100-73(119)56(34-60(108)109)101-69(115)52(29-40(4)5)97-70(116)53(30-44-18-14-13-15-19-44)98-67(113)51(24-27-125-11)96-74(120)61(41(6)7)103-64(110)47(80)28-39(2)3/h13-15,18-19,35-43,47-57,61-63H,12,16-17,20-34,80H2,1-11H3,(H2,81,106)(H2,82,107)(H,87,91)(H,88,92)(H,93,117)(H,94,118)(H,95,122)(H,96,120)(H,97,116)(H,98,113)(H,99,112)(H,100,119)(H,101,115)(H,102,111)(H,103,110)(H,104,114)(H,105,121)(H,108,109)(H,123,124)(H4,83,84,89)(H4,85,86,90)/t43-,47-,48-,49-,50-,51-,52-,53-,54-,55-,56-,57-,61-,62-,63-/m0/s1. The topological polar surface area (TPSA) is 746 Å². The molecule has 46 heteroatoms. The number of primary amides is 2. The molecular formula is C79H128N26O19S. The van der Waals surface area contributed by atoms with Crippen molar-refractivity contribution >= 4 is 124 Å². The van der Waals surface area contributed by atoms with E-state index in [2.05, 4.69) is 99.7 Å². The molecule has 2 heterocycles. The van der Waals surface area contributed by atoms with Crippen LogP contribution >= 0.6 is 11.8 Å². The van der Waals surface area contributed by atoms with Gasteiger partial charge in [-0.1, -0.05) is 106 Å². The molecule has 0 bridgehead atoms. The molecule has 45 nitrogen and oxygen atoms in total. The lowest BCUT2D eigenvalue weighted by Crippen LogP contribution is -2.62. The summed E-state index contributed by atoms with van der Waals surface area (Å²) in [5.41, 5.74) is 29.2. The molecule has 3 rings (SSSR count). The lowest BCUT2D eigenvalue weighted by Gasteiger charge is -2.30. The van der Waals surface area contributed by atoms with E-state index in [1.807, 2.05) is 13.8 Å². The van der Waals surface area contributed by atoms with E-state index < -0.39 is 247 Å². The molecule has 0 aliphatic rings. The van der Waals surface area contributed by atoms with Crippen molar-refractivity contribution in [3.05, 3.63) is 72.3 Å². The predicted molar refractivity (Wildman–Crippen MR) is 459 cm³/mol. The molecular weight excluding hydrogens is 1650 g/mol. The number of hydrogen-bond donors (Lipinski definition) is 26. The van der Waals surface area contributed by atoms with Crippen LogP contribution in [0.15, 0.2) is 55.4 Å². The Kier molecular flexibility index (Phi) is 46.8. The number of aromatic amines is 2. The number of guanidine groups is 2. The van der Waals surface area contributed by atoms with Gasteiger partial charge in [-0.15, -0.1) is 0 Å². The first kappa shape index (κ1) is 107. The molecule has 0 spiro atoms. The summed E-state index contributed by atoms with van der Waals surface area (Å²) in [6, 6.07) is -13.4. The summed E-state index contributed by atoms with van der Waals surface area (Å²) >= 11 is 1.36. The largest absolute Gasteiger partial charge is 0.481 e. The maximum atomic E-state index is 14.9. The van der Waals surface area contributed by atoms with Crippen LogP contribution in [0, 0.1) is 40.4 Å². The van der Waals surface area contributed by atoms with E-state index in [0.717, 1.165) is 0 Å². The highest BCUT2D eigenvalue weighted by atomic mass is 32.2. The number of carboxylic acids is 2. The van der Waals surface area contributed by atoms with Crippen LogP contribution in [0.5, 0.6) is 0 Å². The highest BCUT2D eigenvalue weighted by Crippen LogP contribution is 2.17. The van der Waals surface area contributed by atoms with Crippen molar-refractivity contribution in [2.45, 2.75) is 250 Å². The maximum Gasteiger partial charge on any atom is 0.326 e. The normalized spacial score (nSPS) is 14.8. The monoisotopic (exact) mass is 1780 g/mol. The number of carbonyl (C=O) groups excluding carboxylic acids is 15. The molecule has 15 atom stereocenters. The average Bonchev–Trinajstić information content (AvgIpc) is 1.52. The molecule has 0 saturated heterocycles. The Balaban J connectivity index is 2.02. The van der Waals surface area contributed by atoms with Crippen LogP contribution in [0.2, 0.25) is 0 Å². The summed E-state index contributed by atoms with van der Waals surface area (Å²) < 4.78 is 0. The van der Waals surface area contributed by atoms with E-state index in [-0.39, 0.29) is 88.4 Å². The number of thioether (sulfide) groups is 1. The van der Waals surface area contributed by atoms with Crippen LogP contribution in [0.3, 0.4) is 0 Å². The number of nitrogens with one attached hydrogen (secondary N) is 19. The van der Waals surface area contributed by atoms with E-state index >= 15 is 0 Å². The van der Waals surface area contributed by atoms with Gasteiger partial charge in [0.15, 0.2) is 11.9 Å². The Morgan fingerprint density at radius 3 is 1.22 bits per heavy atom. The van der Waals surface area contributed by atoms with Crippen molar-refractivity contribution in [1.82, 2.24) is 99.7 Å². The zero-order chi connectivity index (χ0) is 93.9. The highest BCUT2D eigenvalue weighted by Gasteiger charge is 2.41. The summed E-state index contributed by atoms with van der Waals surface area (Å²) in [6.07, 6.45) is 2.81. The van der Waals surface area contributed by atoms with Crippen LogP contribution in [0.25, 0.3) is 0 Å². The van der Waals surface area contributed by atoms with Gasteiger partial charge in [0.1, 0.15) is 78.5 Å². The molecule has 694 valence electrons. The van der Waals surface area contributed by atoms with Crippen LogP contribution < -0.4 is 108 Å². The number of H-pyrrole nitrogens is 2. The Labute approximate surface area is 729 Å². The predicted octanol–water partition coefficient (Wildman–Crippen LogP) is -4.78. The van der Waals surface area contributed by atoms with Crippen LogP contribution in [0.1, 0.15) is 163 Å². The van der Waals surface area contributed by atoms with E-state index in [0.29, 0.717) is 23.4 Å². The lowest BCUT2D eigenvalue weighted by molar-refractivity contribution is -0.142. The first-order chi connectivity index (χ1) is 58.8. The summed E-state index contributed by atoms with van der Waals surface area (Å²) in [5.74, 6) is -21.2. The third kappa shape index (κ3) is 40.1. The molecule has 15 amide bonds. The minimum absolute atomic E-state index is 0.00645. The lowest BCUT2D eigenvalue weighted by atomic mass is 9.95. The van der Waals surface area contributed by atoms with E-state index in [1.54, 1.807) is 92.0 Å². The molecule has 31 N–H and O–H groups in total. The van der Waals surface area contributed by atoms with E-state index in [4.69, 9.17) is 39.5 Å². The summed E-state index contributed by atoms with van der Waals surface area (Å²) in [5, 5.41) is 73.6. The van der Waals surface area contributed by atoms with Crippen molar-refractivity contribution in [2.75, 3.05) is 25.1 Å². The quantitative estimate of drug-likeness (QED) is 0.0143. The van der Waals surface area contributed by atoms with Crippen molar-refractivity contribution < 1.29 is 91.7 Å².